The number of aryl methyl sites for hydroxylation is 2. The Kier molecular flexibility index (Phi) is 5.60. The monoisotopic (exact) mass is 357 g/mol. The number of hydrogen-bond donors (Lipinski definition) is 1. The van der Waals surface area contributed by atoms with Gasteiger partial charge >= 0.3 is 5.97 Å². The van der Waals surface area contributed by atoms with Gasteiger partial charge in [0.15, 0.2) is 5.65 Å². The average Bonchev–Trinajstić information content (AvgIpc) is 2.94. The van der Waals surface area contributed by atoms with E-state index in [2.05, 4.69) is 21.5 Å². The number of ether oxygens (including phenoxy) is 1. The van der Waals surface area contributed by atoms with E-state index < -0.39 is 11.6 Å². The number of nitriles is 1. The summed E-state index contributed by atoms with van der Waals surface area (Å²) in [5.74, 6) is -0.713. The van der Waals surface area contributed by atoms with E-state index in [-0.39, 0.29) is 18.9 Å². The maximum Gasteiger partial charge on any atom is 0.325 e. The normalized spacial score (nSPS) is 11.2. The van der Waals surface area contributed by atoms with E-state index in [1.165, 1.54) is 6.20 Å². The molecule has 0 saturated heterocycles. The van der Waals surface area contributed by atoms with Crippen LogP contribution in [0.4, 0.5) is 0 Å². The fraction of sp³-hybridized carbons (Fsp3) is 0.500. The first-order valence-corrected chi connectivity index (χ1v) is 8.35. The molecule has 1 N–H and O–H groups in total. The number of esters is 1. The van der Waals surface area contributed by atoms with Crippen molar-refractivity contribution in [1.29, 1.82) is 5.26 Å². The first kappa shape index (κ1) is 19.4. The highest BCUT2D eigenvalue weighted by molar-refractivity contribution is 5.82. The highest BCUT2D eigenvalue weighted by Gasteiger charge is 2.18. The summed E-state index contributed by atoms with van der Waals surface area (Å²) >= 11 is 0. The molecule has 0 bridgehead atoms. The lowest BCUT2D eigenvalue weighted by Crippen LogP contribution is -2.34. The first-order valence-electron chi connectivity index (χ1n) is 8.35. The molecule has 138 valence electrons. The number of aromatic nitrogens is 3. The second-order valence-electron chi connectivity index (χ2n) is 7.03. The lowest BCUT2D eigenvalue weighted by atomic mass is 10.1. The van der Waals surface area contributed by atoms with Gasteiger partial charge in [0.05, 0.1) is 6.20 Å². The van der Waals surface area contributed by atoms with Gasteiger partial charge in [-0.15, -0.1) is 0 Å². The van der Waals surface area contributed by atoms with Gasteiger partial charge in [-0.05, 0) is 46.6 Å². The molecule has 0 aliphatic carbocycles. The van der Waals surface area contributed by atoms with Crippen LogP contribution in [0, 0.1) is 25.2 Å². The van der Waals surface area contributed by atoms with Gasteiger partial charge in [-0.25, -0.2) is 9.50 Å². The van der Waals surface area contributed by atoms with Crippen molar-refractivity contribution >= 4 is 17.5 Å². The zero-order chi connectivity index (χ0) is 19.5. The van der Waals surface area contributed by atoms with Crippen LogP contribution in [0.5, 0.6) is 0 Å². The summed E-state index contributed by atoms with van der Waals surface area (Å²) < 4.78 is 6.76. The van der Waals surface area contributed by atoms with Gasteiger partial charge in [0.2, 0.25) is 5.91 Å². The number of nitrogens with zero attached hydrogens (tertiary/aromatic N) is 4. The molecule has 0 spiro atoms. The molecule has 2 aromatic heterocycles. The third-order valence-corrected chi connectivity index (χ3v) is 3.78. The molecule has 0 unspecified atom stereocenters. The van der Waals surface area contributed by atoms with Gasteiger partial charge in [0.1, 0.15) is 23.8 Å². The van der Waals surface area contributed by atoms with E-state index in [1.54, 1.807) is 25.3 Å². The average molecular weight is 357 g/mol. The molecule has 8 heteroatoms. The van der Waals surface area contributed by atoms with Crippen LogP contribution in [0.3, 0.4) is 0 Å². The molecule has 0 atom stereocenters. The highest BCUT2D eigenvalue weighted by Crippen LogP contribution is 2.18. The molecule has 0 radical (unpaired) electrons. The van der Waals surface area contributed by atoms with E-state index >= 15 is 0 Å². The summed E-state index contributed by atoms with van der Waals surface area (Å²) in [6.07, 6.45) is 2.15. The van der Waals surface area contributed by atoms with Crippen molar-refractivity contribution in [2.75, 3.05) is 6.54 Å². The first-order chi connectivity index (χ1) is 12.1. The van der Waals surface area contributed by atoms with Gasteiger partial charge in [0.25, 0.3) is 0 Å². The summed E-state index contributed by atoms with van der Waals surface area (Å²) in [5, 5.41) is 15.8. The van der Waals surface area contributed by atoms with Crippen molar-refractivity contribution in [1.82, 2.24) is 19.9 Å². The number of hydrogen-bond acceptors (Lipinski definition) is 6. The largest absolute Gasteiger partial charge is 0.459 e. The molecule has 2 aromatic rings. The van der Waals surface area contributed by atoms with Crippen LogP contribution in [0.25, 0.3) is 5.65 Å². The van der Waals surface area contributed by atoms with E-state index in [0.29, 0.717) is 17.6 Å². The summed E-state index contributed by atoms with van der Waals surface area (Å²) in [6.45, 7) is 8.88. The number of carbonyl (C=O) groups excluding carboxylic acids is 2. The lowest BCUT2D eigenvalue weighted by molar-refractivity contribution is -0.154. The number of fused-ring (bicyclic) bond motifs is 1. The van der Waals surface area contributed by atoms with E-state index in [0.717, 1.165) is 17.0 Å². The summed E-state index contributed by atoms with van der Waals surface area (Å²) in [5.41, 5.74) is 2.85. The fourth-order valence-corrected chi connectivity index (χ4v) is 2.63. The van der Waals surface area contributed by atoms with E-state index in [4.69, 9.17) is 10.00 Å². The van der Waals surface area contributed by atoms with Crippen LogP contribution in [-0.4, -0.2) is 38.6 Å². The Morgan fingerprint density at radius 1 is 1.35 bits per heavy atom. The summed E-state index contributed by atoms with van der Waals surface area (Å²) in [6, 6.07) is 2.06. The maximum atomic E-state index is 12.0. The second kappa shape index (κ2) is 7.52. The van der Waals surface area contributed by atoms with Crippen LogP contribution in [-0.2, 0) is 20.7 Å². The third kappa shape index (κ3) is 4.57. The molecular formula is C18H23N5O3. The Hall–Kier alpha value is -2.95. The van der Waals surface area contributed by atoms with Crippen molar-refractivity contribution in [2.24, 2.45) is 0 Å². The molecule has 0 fully saturated rings. The van der Waals surface area contributed by atoms with Crippen molar-refractivity contribution in [3.63, 3.8) is 0 Å². The number of amides is 1. The molecular weight excluding hydrogens is 334 g/mol. The molecule has 8 nitrogen and oxygen atoms in total. The molecule has 0 aliphatic heterocycles. The van der Waals surface area contributed by atoms with Crippen LogP contribution >= 0.6 is 0 Å². The van der Waals surface area contributed by atoms with Crippen LogP contribution in [0.2, 0.25) is 0 Å². The Labute approximate surface area is 152 Å². The van der Waals surface area contributed by atoms with E-state index in [1.807, 2.05) is 13.8 Å². The zero-order valence-corrected chi connectivity index (χ0v) is 15.7. The van der Waals surface area contributed by atoms with Gasteiger partial charge in [-0.1, -0.05) is 0 Å². The van der Waals surface area contributed by atoms with Crippen molar-refractivity contribution in [2.45, 2.75) is 53.1 Å². The predicted molar refractivity (Wildman–Crippen MR) is 94.4 cm³/mol. The van der Waals surface area contributed by atoms with Crippen molar-refractivity contribution in [3.8, 4) is 6.07 Å². The lowest BCUT2D eigenvalue weighted by Gasteiger charge is -2.19. The third-order valence-electron chi connectivity index (χ3n) is 3.78. The fourth-order valence-electron chi connectivity index (χ4n) is 2.63. The molecule has 26 heavy (non-hydrogen) atoms. The molecule has 0 saturated carbocycles. The van der Waals surface area contributed by atoms with Crippen LogP contribution in [0.1, 0.15) is 49.7 Å². The topological polar surface area (TPSA) is 109 Å². The molecule has 0 aliphatic rings. The SMILES string of the molecule is Cc1nc2c(C#N)cnn2c(C)c1CCC(=O)NCC(=O)OC(C)(C)C. The number of carbonyl (C=O) groups is 2. The second-order valence-corrected chi connectivity index (χ2v) is 7.03. The molecule has 1 amide bonds. The zero-order valence-electron chi connectivity index (χ0n) is 15.7. The Morgan fingerprint density at radius 3 is 2.65 bits per heavy atom. The minimum absolute atomic E-state index is 0.157. The minimum Gasteiger partial charge on any atom is -0.459 e. The van der Waals surface area contributed by atoms with Gasteiger partial charge < -0.3 is 10.1 Å². The predicted octanol–water partition coefficient (Wildman–Crippen LogP) is 1.61. The smallest absolute Gasteiger partial charge is 0.325 e. The van der Waals surface area contributed by atoms with E-state index in [9.17, 15) is 9.59 Å². The van der Waals surface area contributed by atoms with Gasteiger partial charge in [-0.3, -0.25) is 9.59 Å². The Balaban J connectivity index is 2.00. The molecule has 2 heterocycles. The quantitative estimate of drug-likeness (QED) is 0.814. The van der Waals surface area contributed by atoms with Gasteiger partial charge in [0, 0.05) is 17.8 Å². The standard InChI is InChI=1S/C18H23N5O3/c1-11-14(12(2)23-17(22-11)13(8-19)9-21-23)6-7-15(24)20-10-16(25)26-18(3,4)5/h9H,6-7,10H2,1-5H3,(H,20,24). The van der Waals surface area contributed by atoms with Gasteiger partial charge in [-0.2, -0.15) is 10.4 Å². The number of rotatable bonds is 5. The minimum atomic E-state index is -0.580. The maximum absolute atomic E-state index is 12.0. The highest BCUT2D eigenvalue weighted by atomic mass is 16.6. The summed E-state index contributed by atoms with van der Waals surface area (Å²) in [4.78, 5) is 28.1. The Bertz CT molecular complexity index is 887. The number of nitrogens with one attached hydrogen (secondary N) is 1. The molecule has 2 rings (SSSR count). The van der Waals surface area contributed by atoms with Crippen LogP contribution < -0.4 is 5.32 Å². The molecule has 0 aromatic carbocycles. The van der Waals surface area contributed by atoms with Crippen LogP contribution in [0.15, 0.2) is 6.20 Å². The van der Waals surface area contributed by atoms with Crippen molar-refractivity contribution in [3.05, 3.63) is 28.7 Å². The van der Waals surface area contributed by atoms with Crippen molar-refractivity contribution < 1.29 is 14.3 Å². The summed E-state index contributed by atoms with van der Waals surface area (Å²) in [7, 11) is 0. The Morgan fingerprint density at radius 2 is 2.04 bits per heavy atom.